The van der Waals surface area contributed by atoms with Crippen molar-refractivity contribution >= 4 is 44.7 Å². The van der Waals surface area contributed by atoms with Crippen LogP contribution in [0.4, 0.5) is 17.2 Å². The Morgan fingerprint density at radius 2 is 2.12 bits per heavy atom. The van der Waals surface area contributed by atoms with E-state index < -0.39 is 0 Å². The molecule has 0 fully saturated rings. The highest BCUT2D eigenvalue weighted by atomic mass is 79.9. The number of pyridine rings is 1. The van der Waals surface area contributed by atoms with Crippen LogP contribution in [0, 0.1) is 6.92 Å². The lowest BCUT2D eigenvalue weighted by Gasteiger charge is -2.09. The Morgan fingerprint density at radius 1 is 1.35 bits per heavy atom. The van der Waals surface area contributed by atoms with Crippen LogP contribution in [0.2, 0.25) is 5.02 Å². The number of nitrogens with one attached hydrogen (secondary N) is 1. The summed E-state index contributed by atoms with van der Waals surface area (Å²) in [6.45, 7) is 1.95. The zero-order chi connectivity index (χ0) is 12.4. The van der Waals surface area contributed by atoms with Crippen molar-refractivity contribution < 1.29 is 0 Å². The maximum Gasteiger partial charge on any atom is 0.133 e. The molecule has 0 saturated heterocycles. The Morgan fingerprint density at radius 3 is 2.76 bits per heavy atom. The Kier molecular flexibility index (Phi) is 3.54. The summed E-state index contributed by atoms with van der Waals surface area (Å²) >= 11 is 9.36. The zero-order valence-electron chi connectivity index (χ0n) is 9.17. The monoisotopic (exact) mass is 311 g/mol. The predicted octanol–water partition coefficient (Wildman–Crippen LogP) is 4.13. The predicted molar refractivity (Wildman–Crippen MR) is 75.8 cm³/mol. The molecule has 0 spiro atoms. The average molecular weight is 313 g/mol. The second-order valence-corrected chi connectivity index (χ2v) is 4.95. The van der Waals surface area contributed by atoms with Crippen molar-refractivity contribution in [2.24, 2.45) is 0 Å². The number of benzene rings is 1. The summed E-state index contributed by atoms with van der Waals surface area (Å²) in [5.41, 5.74) is 8.18. The van der Waals surface area contributed by atoms with Crippen molar-refractivity contribution in [2.75, 3.05) is 11.1 Å². The average Bonchev–Trinajstić information content (AvgIpc) is 2.27. The summed E-state index contributed by atoms with van der Waals surface area (Å²) in [4.78, 5) is 4.23. The lowest BCUT2D eigenvalue weighted by Crippen LogP contribution is -1.98. The molecule has 0 amide bonds. The molecule has 1 aromatic heterocycles. The van der Waals surface area contributed by atoms with Crippen LogP contribution < -0.4 is 11.1 Å². The Labute approximate surface area is 113 Å². The van der Waals surface area contributed by atoms with Crippen molar-refractivity contribution in [3.8, 4) is 0 Å². The van der Waals surface area contributed by atoms with Gasteiger partial charge in [-0.2, -0.15) is 0 Å². The van der Waals surface area contributed by atoms with Crippen LogP contribution in [0.1, 0.15) is 5.56 Å². The first-order chi connectivity index (χ1) is 8.06. The van der Waals surface area contributed by atoms with E-state index in [-0.39, 0.29) is 0 Å². The minimum absolute atomic E-state index is 0.655. The maximum atomic E-state index is 6.02. The largest absolute Gasteiger partial charge is 0.397 e. The number of nitrogen functional groups attached to an aromatic ring is 1. The molecule has 3 N–H and O–H groups in total. The molecule has 2 rings (SSSR count). The number of nitrogens with two attached hydrogens (primary N) is 1. The lowest BCUT2D eigenvalue weighted by atomic mass is 10.2. The molecule has 0 saturated carbocycles. The second-order valence-electron chi connectivity index (χ2n) is 3.69. The van der Waals surface area contributed by atoms with E-state index in [2.05, 4.69) is 26.2 Å². The highest BCUT2D eigenvalue weighted by Gasteiger charge is 2.03. The first-order valence-electron chi connectivity index (χ1n) is 5.00. The first kappa shape index (κ1) is 12.2. The third-order valence-corrected chi connectivity index (χ3v) is 3.51. The van der Waals surface area contributed by atoms with Crippen LogP contribution in [-0.4, -0.2) is 4.98 Å². The molecule has 1 heterocycles. The van der Waals surface area contributed by atoms with Gasteiger partial charge in [-0.3, -0.25) is 0 Å². The quantitative estimate of drug-likeness (QED) is 0.876. The SMILES string of the molecule is Cc1cc(N)cnc1Nc1ccc(Br)c(Cl)c1. The molecule has 5 heteroatoms. The molecular weight excluding hydrogens is 302 g/mol. The summed E-state index contributed by atoms with van der Waals surface area (Å²) in [5, 5.41) is 3.85. The fourth-order valence-corrected chi connectivity index (χ4v) is 1.87. The Hall–Kier alpha value is -1.26. The molecule has 17 heavy (non-hydrogen) atoms. The normalized spacial score (nSPS) is 10.3. The molecule has 0 aliphatic carbocycles. The van der Waals surface area contributed by atoms with Crippen LogP contribution in [-0.2, 0) is 0 Å². The fourth-order valence-electron chi connectivity index (χ4n) is 1.44. The Bertz CT molecular complexity index is 557. The van der Waals surface area contributed by atoms with E-state index in [0.29, 0.717) is 10.7 Å². The van der Waals surface area contributed by atoms with Gasteiger partial charge in [-0.05, 0) is 52.7 Å². The molecule has 3 nitrogen and oxygen atoms in total. The fraction of sp³-hybridized carbons (Fsp3) is 0.0833. The van der Waals surface area contributed by atoms with Gasteiger partial charge in [0.15, 0.2) is 0 Å². The topological polar surface area (TPSA) is 50.9 Å². The molecule has 2 aromatic rings. The summed E-state index contributed by atoms with van der Waals surface area (Å²) < 4.78 is 0.867. The van der Waals surface area contributed by atoms with E-state index in [1.807, 2.05) is 31.2 Å². The van der Waals surface area contributed by atoms with Crippen LogP contribution in [0.25, 0.3) is 0 Å². The van der Waals surface area contributed by atoms with Gasteiger partial charge in [0.25, 0.3) is 0 Å². The number of nitrogens with zero attached hydrogens (tertiary/aromatic N) is 1. The third kappa shape index (κ3) is 2.90. The number of halogens is 2. The molecule has 88 valence electrons. The molecule has 0 atom stereocenters. The van der Waals surface area contributed by atoms with E-state index in [1.165, 1.54) is 0 Å². The van der Waals surface area contributed by atoms with Crippen LogP contribution in [0.5, 0.6) is 0 Å². The number of aromatic nitrogens is 1. The standard InChI is InChI=1S/C12H11BrClN3/c1-7-4-8(15)6-16-12(7)17-9-2-3-10(13)11(14)5-9/h2-6H,15H2,1H3,(H,16,17). The van der Waals surface area contributed by atoms with E-state index in [0.717, 1.165) is 21.5 Å². The minimum atomic E-state index is 0.655. The van der Waals surface area contributed by atoms with Crippen molar-refractivity contribution in [1.82, 2.24) is 4.98 Å². The smallest absolute Gasteiger partial charge is 0.133 e. The van der Waals surface area contributed by atoms with Crippen molar-refractivity contribution in [1.29, 1.82) is 0 Å². The van der Waals surface area contributed by atoms with E-state index in [1.54, 1.807) is 6.20 Å². The lowest BCUT2D eigenvalue weighted by molar-refractivity contribution is 1.26. The van der Waals surface area contributed by atoms with E-state index in [4.69, 9.17) is 17.3 Å². The van der Waals surface area contributed by atoms with Gasteiger partial charge in [0.05, 0.1) is 16.9 Å². The van der Waals surface area contributed by atoms with E-state index >= 15 is 0 Å². The molecule has 0 aliphatic rings. The van der Waals surface area contributed by atoms with Crippen molar-refractivity contribution in [3.63, 3.8) is 0 Å². The number of anilines is 3. The van der Waals surface area contributed by atoms with E-state index in [9.17, 15) is 0 Å². The maximum absolute atomic E-state index is 6.02. The van der Waals surface area contributed by atoms with Gasteiger partial charge in [0.1, 0.15) is 5.82 Å². The number of rotatable bonds is 2. The van der Waals surface area contributed by atoms with Crippen molar-refractivity contribution in [2.45, 2.75) is 6.92 Å². The van der Waals surface area contributed by atoms with Crippen LogP contribution >= 0.6 is 27.5 Å². The summed E-state index contributed by atoms with van der Waals surface area (Å²) in [5.74, 6) is 0.776. The number of aryl methyl sites for hydroxylation is 1. The van der Waals surface area contributed by atoms with Gasteiger partial charge in [0, 0.05) is 10.2 Å². The van der Waals surface area contributed by atoms with Gasteiger partial charge in [-0.15, -0.1) is 0 Å². The molecule has 0 aliphatic heterocycles. The van der Waals surface area contributed by atoms with Gasteiger partial charge in [-0.1, -0.05) is 11.6 Å². The van der Waals surface area contributed by atoms with Gasteiger partial charge in [-0.25, -0.2) is 4.98 Å². The molecule has 1 aromatic carbocycles. The molecule has 0 bridgehead atoms. The highest BCUT2D eigenvalue weighted by molar-refractivity contribution is 9.10. The van der Waals surface area contributed by atoms with Crippen LogP contribution in [0.15, 0.2) is 34.9 Å². The highest BCUT2D eigenvalue weighted by Crippen LogP contribution is 2.27. The molecular formula is C12H11BrClN3. The third-order valence-electron chi connectivity index (χ3n) is 2.28. The van der Waals surface area contributed by atoms with Gasteiger partial charge in [0.2, 0.25) is 0 Å². The Balaban J connectivity index is 2.28. The number of hydrogen-bond donors (Lipinski definition) is 2. The molecule has 0 radical (unpaired) electrons. The number of hydrogen-bond acceptors (Lipinski definition) is 3. The van der Waals surface area contributed by atoms with Gasteiger partial charge < -0.3 is 11.1 Å². The second kappa shape index (κ2) is 4.94. The summed E-state index contributed by atoms with van der Waals surface area (Å²) in [7, 11) is 0. The minimum Gasteiger partial charge on any atom is -0.397 e. The van der Waals surface area contributed by atoms with Crippen LogP contribution in [0.3, 0.4) is 0 Å². The molecule has 0 unspecified atom stereocenters. The first-order valence-corrected chi connectivity index (χ1v) is 6.17. The summed E-state index contributed by atoms with van der Waals surface area (Å²) in [6.07, 6.45) is 1.62. The van der Waals surface area contributed by atoms with Crippen molar-refractivity contribution in [3.05, 3.63) is 45.5 Å². The summed E-state index contributed by atoms with van der Waals surface area (Å²) in [6, 6.07) is 7.52. The zero-order valence-corrected chi connectivity index (χ0v) is 11.5. The van der Waals surface area contributed by atoms with Gasteiger partial charge >= 0.3 is 0 Å².